The molecule has 0 aliphatic rings. The van der Waals surface area contributed by atoms with Crippen LogP contribution < -0.4 is 4.74 Å². The van der Waals surface area contributed by atoms with Crippen LogP contribution in [0.25, 0.3) is 6.08 Å². The largest absolute Gasteiger partial charge is 0.491 e. The molecule has 1 atom stereocenters. The number of benzene rings is 1. The average molecular weight is 239 g/mol. The Bertz CT molecular complexity index is 387. The van der Waals surface area contributed by atoms with E-state index in [1.54, 1.807) is 24.3 Å². The minimum Gasteiger partial charge on any atom is -0.491 e. The Balaban J connectivity index is 2.53. The van der Waals surface area contributed by atoms with Gasteiger partial charge >= 0.3 is 0 Å². The topological polar surface area (TPSA) is 92.8 Å². The number of hydrogen-bond donors (Lipinski definition) is 2. The van der Waals surface area contributed by atoms with E-state index in [4.69, 9.17) is 14.9 Å². The second-order valence-corrected chi connectivity index (χ2v) is 3.32. The van der Waals surface area contributed by atoms with Gasteiger partial charge in [-0.3, -0.25) is 10.1 Å². The highest BCUT2D eigenvalue weighted by molar-refractivity contribution is 5.49. The molecule has 0 amide bonds. The molecule has 0 spiro atoms. The third-order valence-electron chi connectivity index (χ3n) is 1.92. The molecule has 1 aromatic carbocycles. The number of aliphatic hydroxyl groups excluding tert-OH is 2. The van der Waals surface area contributed by atoms with Gasteiger partial charge in [0.25, 0.3) is 0 Å². The maximum atomic E-state index is 10.1. The lowest BCUT2D eigenvalue weighted by atomic mass is 10.2. The highest BCUT2D eigenvalue weighted by Gasteiger charge is 2.02. The van der Waals surface area contributed by atoms with Crippen LogP contribution in [0.1, 0.15) is 5.56 Å². The zero-order valence-corrected chi connectivity index (χ0v) is 9.02. The predicted octanol–water partition coefficient (Wildman–Crippen LogP) is 0.666. The Morgan fingerprint density at radius 1 is 1.41 bits per heavy atom. The maximum Gasteiger partial charge on any atom is 0.235 e. The van der Waals surface area contributed by atoms with Crippen molar-refractivity contribution >= 4 is 6.08 Å². The van der Waals surface area contributed by atoms with Crippen LogP contribution in [-0.2, 0) is 0 Å². The number of rotatable bonds is 6. The lowest BCUT2D eigenvalue weighted by Crippen LogP contribution is -2.21. The summed E-state index contributed by atoms with van der Waals surface area (Å²) in [5.74, 6) is 0.524. The summed E-state index contributed by atoms with van der Waals surface area (Å²) in [6.45, 7) is -0.357. The van der Waals surface area contributed by atoms with Crippen molar-refractivity contribution in [2.75, 3.05) is 13.2 Å². The van der Waals surface area contributed by atoms with Crippen molar-refractivity contribution in [2.45, 2.75) is 6.10 Å². The number of ether oxygens (including phenoxy) is 1. The van der Waals surface area contributed by atoms with Crippen molar-refractivity contribution in [1.29, 1.82) is 0 Å². The minimum atomic E-state index is -0.913. The smallest absolute Gasteiger partial charge is 0.235 e. The lowest BCUT2D eigenvalue weighted by Gasteiger charge is -2.09. The first-order valence-electron chi connectivity index (χ1n) is 4.95. The van der Waals surface area contributed by atoms with Gasteiger partial charge in [-0.2, -0.15) is 0 Å². The number of nitrogens with zero attached hydrogens (tertiary/aromatic N) is 1. The first-order valence-corrected chi connectivity index (χ1v) is 4.95. The van der Waals surface area contributed by atoms with Gasteiger partial charge in [-0.1, -0.05) is 12.1 Å². The molecule has 1 aromatic rings. The molecule has 0 aromatic heterocycles. The maximum absolute atomic E-state index is 10.1. The first kappa shape index (κ1) is 13.1. The van der Waals surface area contributed by atoms with Crippen molar-refractivity contribution in [3.05, 3.63) is 46.1 Å². The summed E-state index contributed by atoms with van der Waals surface area (Å²) in [7, 11) is 0. The van der Waals surface area contributed by atoms with E-state index >= 15 is 0 Å². The normalized spacial score (nSPS) is 12.6. The molecular formula is C11H13NO5. The van der Waals surface area contributed by atoms with E-state index < -0.39 is 11.0 Å². The summed E-state index contributed by atoms with van der Waals surface area (Å²) < 4.78 is 5.17. The van der Waals surface area contributed by atoms with Crippen molar-refractivity contribution in [2.24, 2.45) is 0 Å². The summed E-state index contributed by atoms with van der Waals surface area (Å²) >= 11 is 0. The molecule has 6 heteroatoms. The van der Waals surface area contributed by atoms with Crippen molar-refractivity contribution in [3.8, 4) is 5.75 Å². The van der Waals surface area contributed by atoms with Crippen LogP contribution in [-0.4, -0.2) is 34.5 Å². The number of hydrogen-bond acceptors (Lipinski definition) is 5. The van der Waals surface area contributed by atoms with Gasteiger partial charge < -0.3 is 14.9 Å². The molecule has 17 heavy (non-hydrogen) atoms. The van der Waals surface area contributed by atoms with Gasteiger partial charge in [-0.15, -0.1) is 0 Å². The second kappa shape index (κ2) is 6.62. The molecule has 0 bridgehead atoms. The molecule has 92 valence electrons. The van der Waals surface area contributed by atoms with Crippen molar-refractivity contribution < 1.29 is 19.9 Å². The van der Waals surface area contributed by atoms with Gasteiger partial charge in [-0.25, -0.2) is 0 Å². The Morgan fingerprint density at radius 3 is 2.59 bits per heavy atom. The third-order valence-corrected chi connectivity index (χ3v) is 1.92. The van der Waals surface area contributed by atoms with E-state index in [2.05, 4.69) is 0 Å². The van der Waals surface area contributed by atoms with E-state index in [0.717, 1.165) is 6.20 Å². The first-order chi connectivity index (χ1) is 8.11. The molecule has 0 saturated heterocycles. The summed E-state index contributed by atoms with van der Waals surface area (Å²) in [5, 5.41) is 27.7. The Labute approximate surface area is 97.9 Å². The SMILES string of the molecule is O=[N+]([O-])/C=C/c1ccc(OCC(O)CO)cc1. The number of nitro groups is 1. The summed E-state index contributed by atoms with van der Waals surface area (Å²) in [4.78, 5) is 9.55. The van der Waals surface area contributed by atoms with Crippen LogP contribution in [0.5, 0.6) is 5.75 Å². The van der Waals surface area contributed by atoms with Gasteiger partial charge in [0.2, 0.25) is 6.20 Å². The van der Waals surface area contributed by atoms with Crippen LogP contribution in [0.3, 0.4) is 0 Å². The Kier molecular flexibility index (Phi) is 5.12. The van der Waals surface area contributed by atoms with Crippen LogP contribution in [0.2, 0.25) is 0 Å². The van der Waals surface area contributed by atoms with E-state index in [-0.39, 0.29) is 13.2 Å². The molecule has 0 aliphatic carbocycles. The molecule has 1 unspecified atom stereocenters. The van der Waals surface area contributed by atoms with Gasteiger partial charge in [0.05, 0.1) is 11.5 Å². The summed E-state index contributed by atoms with van der Waals surface area (Å²) in [5.41, 5.74) is 0.678. The van der Waals surface area contributed by atoms with Gasteiger partial charge in [-0.05, 0) is 17.7 Å². The molecule has 1 rings (SSSR count). The quantitative estimate of drug-likeness (QED) is 0.562. The summed E-state index contributed by atoms with van der Waals surface area (Å²) in [6.07, 6.45) is 1.31. The van der Waals surface area contributed by atoms with Gasteiger partial charge in [0, 0.05) is 6.08 Å². The average Bonchev–Trinajstić information content (AvgIpc) is 2.34. The van der Waals surface area contributed by atoms with Crippen LogP contribution in [0, 0.1) is 10.1 Å². The third kappa shape index (κ3) is 5.10. The highest BCUT2D eigenvalue weighted by atomic mass is 16.6. The fraction of sp³-hybridized carbons (Fsp3) is 0.273. The molecule has 0 aliphatic heterocycles. The molecule has 0 fully saturated rings. The zero-order chi connectivity index (χ0) is 12.7. The van der Waals surface area contributed by atoms with E-state index in [9.17, 15) is 10.1 Å². The van der Waals surface area contributed by atoms with Gasteiger partial charge in [0.15, 0.2) is 0 Å². The van der Waals surface area contributed by atoms with Crippen molar-refractivity contribution in [3.63, 3.8) is 0 Å². The Morgan fingerprint density at radius 2 is 2.06 bits per heavy atom. The van der Waals surface area contributed by atoms with E-state index in [0.29, 0.717) is 11.3 Å². The molecule has 0 radical (unpaired) electrons. The van der Waals surface area contributed by atoms with Crippen LogP contribution in [0.4, 0.5) is 0 Å². The predicted molar refractivity (Wildman–Crippen MR) is 61.1 cm³/mol. The molecule has 0 heterocycles. The van der Waals surface area contributed by atoms with Crippen LogP contribution in [0.15, 0.2) is 30.5 Å². The van der Waals surface area contributed by atoms with Crippen molar-refractivity contribution in [1.82, 2.24) is 0 Å². The molecule has 6 nitrogen and oxygen atoms in total. The molecule has 0 saturated carbocycles. The van der Waals surface area contributed by atoms with Gasteiger partial charge in [0.1, 0.15) is 18.5 Å². The fourth-order valence-corrected chi connectivity index (χ4v) is 1.07. The fourth-order valence-electron chi connectivity index (χ4n) is 1.07. The standard InChI is InChI=1S/C11H13NO5/c13-7-10(14)8-17-11-3-1-9(2-4-11)5-6-12(15)16/h1-6,10,13-14H,7-8H2/b6-5+. The van der Waals surface area contributed by atoms with E-state index in [1.165, 1.54) is 6.08 Å². The molecular weight excluding hydrogens is 226 g/mol. The zero-order valence-electron chi connectivity index (χ0n) is 9.02. The summed E-state index contributed by atoms with van der Waals surface area (Å²) in [6, 6.07) is 6.56. The highest BCUT2D eigenvalue weighted by Crippen LogP contribution is 2.13. The Hall–Kier alpha value is -1.92. The molecule has 2 N–H and O–H groups in total. The van der Waals surface area contributed by atoms with E-state index in [1.807, 2.05) is 0 Å². The van der Waals surface area contributed by atoms with Crippen LogP contribution >= 0.6 is 0 Å². The lowest BCUT2D eigenvalue weighted by molar-refractivity contribution is -0.400. The minimum absolute atomic E-state index is 0.000579. The number of aliphatic hydroxyl groups is 2. The second-order valence-electron chi connectivity index (χ2n) is 3.32. The monoisotopic (exact) mass is 239 g/mol.